The van der Waals surface area contributed by atoms with Gasteiger partial charge in [-0.1, -0.05) is 18.9 Å². The summed E-state index contributed by atoms with van der Waals surface area (Å²) in [7, 11) is -3.57. The number of nitrogens with zero attached hydrogens (tertiary/aromatic N) is 3. The van der Waals surface area contributed by atoms with Crippen LogP contribution in [0.5, 0.6) is 0 Å². The fourth-order valence-electron chi connectivity index (χ4n) is 6.10. The summed E-state index contributed by atoms with van der Waals surface area (Å²) in [6.07, 6.45) is 8.21. The lowest BCUT2D eigenvalue weighted by atomic mass is 9.76. The Hall–Kier alpha value is -1.51. The van der Waals surface area contributed by atoms with Crippen molar-refractivity contribution in [3.8, 4) is 0 Å². The first-order valence-electron chi connectivity index (χ1n) is 10.9. The van der Waals surface area contributed by atoms with E-state index in [0.717, 1.165) is 25.6 Å². The molecule has 1 aromatic rings. The number of aromatic nitrogens is 1. The third kappa shape index (κ3) is 3.39. The summed E-state index contributed by atoms with van der Waals surface area (Å²) in [4.78, 5) is 19.3. The lowest BCUT2D eigenvalue weighted by Gasteiger charge is -2.42. The van der Waals surface area contributed by atoms with Crippen LogP contribution in [0.15, 0.2) is 29.4 Å². The molecule has 0 aromatic carbocycles. The Balaban J connectivity index is 1.27. The molecule has 0 bridgehead atoms. The van der Waals surface area contributed by atoms with Crippen LogP contribution in [0, 0.1) is 17.8 Å². The zero-order valence-corrected chi connectivity index (χ0v) is 17.6. The van der Waals surface area contributed by atoms with Gasteiger partial charge in [-0.15, -0.1) is 0 Å². The zero-order chi connectivity index (χ0) is 20.1. The van der Waals surface area contributed by atoms with Crippen LogP contribution in [0.3, 0.4) is 0 Å². The molecule has 1 amide bonds. The number of likely N-dealkylation sites (tertiary alicyclic amines) is 1. The molecule has 0 unspecified atom stereocenters. The molecule has 1 spiro atoms. The summed E-state index contributed by atoms with van der Waals surface area (Å²) in [5.74, 6) is 1.33. The molecular formula is C21H30N4O3S. The topological polar surface area (TPSA) is 82.6 Å². The summed E-state index contributed by atoms with van der Waals surface area (Å²) in [5, 5.41) is 3.40. The van der Waals surface area contributed by atoms with Gasteiger partial charge in [-0.25, -0.2) is 13.4 Å². The van der Waals surface area contributed by atoms with Crippen molar-refractivity contribution in [1.29, 1.82) is 0 Å². The SMILES string of the molecule is O=C1NC2(CCN(S(=O)(=O)c3ccccn3)CC2)[C@H]2CN(CC3CCCC3)C[C@@H]12. The maximum Gasteiger partial charge on any atom is 0.260 e. The van der Waals surface area contributed by atoms with Crippen molar-refractivity contribution in [2.45, 2.75) is 49.1 Å². The van der Waals surface area contributed by atoms with E-state index >= 15 is 0 Å². The summed E-state index contributed by atoms with van der Waals surface area (Å²) in [6, 6.07) is 4.96. The van der Waals surface area contributed by atoms with Gasteiger partial charge in [0.25, 0.3) is 10.0 Å². The molecule has 1 N–H and O–H groups in total. The van der Waals surface area contributed by atoms with Gasteiger partial charge in [0.15, 0.2) is 5.03 Å². The second kappa shape index (κ2) is 7.32. The van der Waals surface area contributed by atoms with Gasteiger partial charge in [0.05, 0.1) is 5.92 Å². The van der Waals surface area contributed by atoms with Gasteiger partial charge in [-0.3, -0.25) is 4.79 Å². The number of amides is 1. The number of carbonyl (C=O) groups is 1. The highest BCUT2D eigenvalue weighted by atomic mass is 32.2. The molecule has 29 heavy (non-hydrogen) atoms. The highest BCUT2D eigenvalue weighted by molar-refractivity contribution is 7.89. The van der Waals surface area contributed by atoms with E-state index in [2.05, 4.69) is 15.2 Å². The largest absolute Gasteiger partial charge is 0.350 e. The minimum Gasteiger partial charge on any atom is -0.350 e. The molecule has 1 aliphatic carbocycles. The Labute approximate surface area is 172 Å². The number of carbonyl (C=O) groups excluding carboxylic acids is 1. The predicted octanol–water partition coefficient (Wildman–Crippen LogP) is 1.47. The van der Waals surface area contributed by atoms with Crippen LogP contribution in [0.4, 0.5) is 0 Å². The monoisotopic (exact) mass is 418 g/mol. The molecule has 1 saturated carbocycles. The van der Waals surface area contributed by atoms with Crippen molar-refractivity contribution in [3.63, 3.8) is 0 Å². The van der Waals surface area contributed by atoms with Crippen LogP contribution in [-0.4, -0.2) is 66.8 Å². The van der Waals surface area contributed by atoms with Crippen molar-refractivity contribution in [3.05, 3.63) is 24.4 Å². The van der Waals surface area contributed by atoms with E-state index in [1.165, 1.54) is 36.2 Å². The molecule has 158 valence electrons. The summed E-state index contributed by atoms with van der Waals surface area (Å²) >= 11 is 0. The summed E-state index contributed by atoms with van der Waals surface area (Å²) in [5.41, 5.74) is -0.248. The molecule has 2 atom stereocenters. The van der Waals surface area contributed by atoms with E-state index in [4.69, 9.17) is 0 Å². The Morgan fingerprint density at radius 2 is 1.90 bits per heavy atom. The van der Waals surface area contributed by atoms with Crippen molar-refractivity contribution >= 4 is 15.9 Å². The van der Waals surface area contributed by atoms with Crippen molar-refractivity contribution in [2.24, 2.45) is 17.8 Å². The number of sulfonamides is 1. The van der Waals surface area contributed by atoms with E-state index < -0.39 is 10.0 Å². The van der Waals surface area contributed by atoms with E-state index in [1.807, 2.05) is 0 Å². The predicted molar refractivity (Wildman–Crippen MR) is 108 cm³/mol. The van der Waals surface area contributed by atoms with Gasteiger partial charge < -0.3 is 10.2 Å². The van der Waals surface area contributed by atoms with Crippen LogP contribution in [0.1, 0.15) is 38.5 Å². The minimum atomic E-state index is -3.57. The molecule has 4 aliphatic rings. The highest BCUT2D eigenvalue weighted by Gasteiger charge is 2.57. The minimum absolute atomic E-state index is 0.0651. The molecule has 4 fully saturated rings. The molecule has 8 heteroatoms. The highest BCUT2D eigenvalue weighted by Crippen LogP contribution is 2.45. The van der Waals surface area contributed by atoms with Crippen molar-refractivity contribution in [2.75, 3.05) is 32.7 Å². The summed E-state index contributed by atoms with van der Waals surface area (Å²) < 4.78 is 27.3. The van der Waals surface area contributed by atoms with E-state index in [9.17, 15) is 13.2 Å². The maximum absolute atomic E-state index is 12.9. The molecule has 4 heterocycles. The fourth-order valence-corrected chi connectivity index (χ4v) is 7.47. The van der Waals surface area contributed by atoms with E-state index in [-0.39, 0.29) is 22.4 Å². The van der Waals surface area contributed by atoms with Crippen LogP contribution in [0.2, 0.25) is 0 Å². The molecule has 1 aromatic heterocycles. The molecule has 3 saturated heterocycles. The van der Waals surface area contributed by atoms with Gasteiger partial charge in [0.1, 0.15) is 0 Å². The number of fused-ring (bicyclic) bond motifs is 2. The molecule has 3 aliphatic heterocycles. The second-order valence-electron chi connectivity index (χ2n) is 9.30. The quantitative estimate of drug-likeness (QED) is 0.801. The van der Waals surface area contributed by atoms with Gasteiger partial charge >= 0.3 is 0 Å². The number of pyridine rings is 1. The first-order valence-corrected chi connectivity index (χ1v) is 12.4. The Kier molecular flexibility index (Phi) is 4.91. The Bertz CT molecular complexity index is 861. The van der Waals surface area contributed by atoms with Gasteiger partial charge in [-0.05, 0) is 43.7 Å². The number of hydrogen-bond donors (Lipinski definition) is 1. The van der Waals surface area contributed by atoms with Gasteiger partial charge in [0, 0.05) is 50.4 Å². The van der Waals surface area contributed by atoms with Crippen LogP contribution in [-0.2, 0) is 14.8 Å². The van der Waals surface area contributed by atoms with Gasteiger partial charge in [0.2, 0.25) is 5.91 Å². The molecular weight excluding hydrogens is 388 g/mol. The number of piperidine rings is 1. The van der Waals surface area contributed by atoms with Crippen LogP contribution in [0.25, 0.3) is 0 Å². The van der Waals surface area contributed by atoms with Crippen LogP contribution >= 0.6 is 0 Å². The second-order valence-corrected chi connectivity index (χ2v) is 11.2. The van der Waals surface area contributed by atoms with Gasteiger partial charge in [-0.2, -0.15) is 4.31 Å². The number of nitrogens with one attached hydrogen (secondary N) is 1. The first kappa shape index (κ1) is 19.5. The standard InChI is InChI=1S/C21H30N4O3S/c26-20-17-14-24(13-16-5-1-2-6-16)15-18(17)21(23-20)8-11-25(12-9-21)29(27,28)19-7-3-4-10-22-19/h3-4,7,10,16-18H,1-2,5-6,8-9,11-15H2,(H,23,26)/t17-,18+/m1/s1. The third-order valence-corrected chi connectivity index (χ3v) is 9.48. The Morgan fingerprint density at radius 3 is 2.59 bits per heavy atom. The van der Waals surface area contributed by atoms with E-state index in [1.54, 1.807) is 18.2 Å². The first-order chi connectivity index (χ1) is 14.0. The average molecular weight is 419 g/mol. The zero-order valence-electron chi connectivity index (χ0n) is 16.8. The smallest absolute Gasteiger partial charge is 0.260 e. The van der Waals surface area contributed by atoms with E-state index in [0.29, 0.717) is 31.8 Å². The number of hydrogen-bond acceptors (Lipinski definition) is 5. The Morgan fingerprint density at radius 1 is 1.14 bits per heavy atom. The molecule has 0 radical (unpaired) electrons. The average Bonchev–Trinajstić information content (AvgIpc) is 3.44. The van der Waals surface area contributed by atoms with Crippen LogP contribution < -0.4 is 5.32 Å². The summed E-state index contributed by atoms with van der Waals surface area (Å²) in [6.45, 7) is 3.82. The lowest BCUT2D eigenvalue weighted by Crippen LogP contribution is -2.56. The third-order valence-electron chi connectivity index (χ3n) is 7.66. The molecule has 7 nitrogen and oxygen atoms in total. The van der Waals surface area contributed by atoms with Crippen molar-refractivity contribution < 1.29 is 13.2 Å². The maximum atomic E-state index is 12.9. The normalized spacial score (nSPS) is 30.7. The lowest BCUT2D eigenvalue weighted by molar-refractivity contribution is -0.123. The molecule has 5 rings (SSSR count). The fraction of sp³-hybridized carbons (Fsp3) is 0.714. The number of rotatable bonds is 4. The van der Waals surface area contributed by atoms with Crippen molar-refractivity contribution in [1.82, 2.24) is 19.5 Å².